The average Bonchev–Trinajstić information content (AvgIpc) is 2.35. The average molecular weight is 299 g/mol. The zero-order chi connectivity index (χ0) is 14.0. The highest BCUT2D eigenvalue weighted by Gasteiger charge is 2.11. The summed E-state index contributed by atoms with van der Waals surface area (Å²) < 4.78 is 13.8. The van der Waals surface area contributed by atoms with Crippen molar-refractivity contribution in [1.29, 1.82) is 0 Å². The summed E-state index contributed by atoms with van der Waals surface area (Å²) in [5.41, 5.74) is 1.29. The van der Waals surface area contributed by atoms with Crippen molar-refractivity contribution in [2.75, 3.05) is 0 Å². The molecule has 0 fully saturated rings. The number of carboxylic acid groups (broad SMARTS) is 1. The molecule has 0 heterocycles. The largest absolute Gasteiger partial charge is 0.481 e. The van der Waals surface area contributed by atoms with E-state index in [0.29, 0.717) is 21.2 Å². The quantitative estimate of drug-likeness (QED) is 0.910. The molecule has 0 aliphatic heterocycles. The highest BCUT2D eigenvalue weighted by atomic mass is 35.5. The Bertz CT molecular complexity index is 641. The standard InChI is InChI=1S/C14H9Cl2FO2/c15-11-3-1-2-10(14(11)16)8-4-5-9(7-13(18)19)12(17)6-8/h1-6H,7H2,(H,18,19). The lowest BCUT2D eigenvalue weighted by atomic mass is 10.0. The second-order valence-corrected chi connectivity index (χ2v) is 4.76. The normalized spacial score (nSPS) is 10.5. The molecule has 1 N–H and O–H groups in total. The predicted molar refractivity (Wildman–Crippen MR) is 73.2 cm³/mol. The highest BCUT2D eigenvalue weighted by molar-refractivity contribution is 6.43. The van der Waals surface area contributed by atoms with Crippen LogP contribution < -0.4 is 0 Å². The molecule has 0 radical (unpaired) electrons. The molecule has 98 valence electrons. The lowest BCUT2D eigenvalue weighted by molar-refractivity contribution is -0.136. The minimum absolute atomic E-state index is 0.134. The number of halogens is 3. The van der Waals surface area contributed by atoms with Crippen molar-refractivity contribution in [1.82, 2.24) is 0 Å². The van der Waals surface area contributed by atoms with E-state index in [4.69, 9.17) is 28.3 Å². The van der Waals surface area contributed by atoms with Gasteiger partial charge in [0.05, 0.1) is 16.5 Å². The Balaban J connectivity index is 2.44. The van der Waals surface area contributed by atoms with Gasteiger partial charge in [-0.15, -0.1) is 0 Å². The Morgan fingerprint density at radius 3 is 2.58 bits per heavy atom. The van der Waals surface area contributed by atoms with Crippen LogP contribution in [-0.2, 0) is 11.2 Å². The molecule has 0 aliphatic carbocycles. The van der Waals surface area contributed by atoms with Crippen molar-refractivity contribution < 1.29 is 14.3 Å². The minimum Gasteiger partial charge on any atom is -0.481 e. The number of aliphatic carboxylic acids is 1. The number of benzene rings is 2. The summed E-state index contributed by atoms with van der Waals surface area (Å²) in [5, 5.41) is 9.38. The van der Waals surface area contributed by atoms with Crippen LogP contribution in [0.4, 0.5) is 4.39 Å². The van der Waals surface area contributed by atoms with Gasteiger partial charge in [-0.05, 0) is 23.3 Å². The molecule has 0 atom stereocenters. The summed E-state index contributed by atoms with van der Waals surface area (Å²) in [6.07, 6.45) is -0.352. The molecule has 2 aromatic rings. The monoisotopic (exact) mass is 298 g/mol. The van der Waals surface area contributed by atoms with E-state index in [1.165, 1.54) is 12.1 Å². The van der Waals surface area contributed by atoms with Crippen molar-refractivity contribution in [3.8, 4) is 11.1 Å². The zero-order valence-corrected chi connectivity index (χ0v) is 11.2. The van der Waals surface area contributed by atoms with E-state index in [-0.39, 0.29) is 12.0 Å². The maximum absolute atomic E-state index is 13.8. The van der Waals surface area contributed by atoms with Gasteiger partial charge < -0.3 is 5.11 Å². The van der Waals surface area contributed by atoms with E-state index < -0.39 is 11.8 Å². The first-order valence-electron chi connectivity index (χ1n) is 5.43. The fourth-order valence-electron chi connectivity index (χ4n) is 1.75. The predicted octanol–water partition coefficient (Wildman–Crippen LogP) is 4.43. The molecule has 0 bridgehead atoms. The van der Waals surface area contributed by atoms with Crippen LogP contribution in [0, 0.1) is 5.82 Å². The first-order valence-corrected chi connectivity index (χ1v) is 6.19. The summed E-state index contributed by atoms with van der Waals surface area (Å²) >= 11 is 12.0. The van der Waals surface area contributed by atoms with E-state index >= 15 is 0 Å². The van der Waals surface area contributed by atoms with E-state index in [9.17, 15) is 9.18 Å². The maximum Gasteiger partial charge on any atom is 0.307 e. The van der Waals surface area contributed by atoms with Crippen molar-refractivity contribution in [3.63, 3.8) is 0 Å². The summed E-state index contributed by atoms with van der Waals surface area (Å²) in [6, 6.07) is 9.40. The first kappa shape index (κ1) is 13.8. The van der Waals surface area contributed by atoms with Gasteiger partial charge in [0.1, 0.15) is 5.82 Å². The van der Waals surface area contributed by atoms with Crippen molar-refractivity contribution >= 4 is 29.2 Å². The molecule has 19 heavy (non-hydrogen) atoms. The van der Waals surface area contributed by atoms with E-state index in [1.54, 1.807) is 24.3 Å². The Labute approximate surface area is 119 Å². The molecule has 0 spiro atoms. The molecule has 0 saturated carbocycles. The zero-order valence-electron chi connectivity index (χ0n) is 9.66. The van der Waals surface area contributed by atoms with Crippen molar-refractivity contribution in [3.05, 3.63) is 57.8 Å². The third kappa shape index (κ3) is 3.06. The van der Waals surface area contributed by atoms with Crippen LogP contribution in [-0.4, -0.2) is 11.1 Å². The summed E-state index contributed by atoms with van der Waals surface area (Å²) in [7, 11) is 0. The summed E-state index contributed by atoms with van der Waals surface area (Å²) in [5.74, 6) is -1.65. The Hall–Kier alpha value is -1.58. The fraction of sp³-hybridized carbons (Fsp3) is 0.0714. The van der Waals surface area contributed by atoms with Crippen LogP contribution in [0.1, 0.15) is 5.56 Å². The number of carboxylic acids is 1. The lowest BCUT2D eigenvalue weighted by Gasteiger charge is -2.08. The molecule has 0 aromatic heterocycles. The SMILES string of the molecule is O=C(O)Cc1ccc(-c2cccc(Cl)c2Cl)cc1F. The molecule has 0 aliphatic rings. The second kappa shape index (κ2) is 5.59. The number of carbonyl (C=O) groups is 1. The second-order valence-electron chi connectivity index (χ2n) is 3.98. The fourth-order valence-corrected chi connectivity index (χ4v) is 2.16. The van der Waals surface area contributed by atoms with Gasteiger partial charge in [0.25, 0.3) is 0 Å². The van der Waals surface area contributed by atoms with Crippen LogP contribution in [0.2, 0.25) is 10.0 Å². The number of rotatable bonds is 3. The molecule has 0 unspecified atom stereocenters. The number of hydrogen-bond donors (Lipinski definition) is 1. The van der Waals surface area contributed by atoms with E-state index in [2.05, 4.69) is 0 Å². The van der Waals surface area contributed by atoms with Crippen molar-refractivity contribution in [2.45, 2.75) is 6.42 Å². The van der Waals surface area contributed by atoms with Gasteiger partial charge >= 0.3 is 5.97 Å². The van der Waals surface area contributed by atoms with E-state index in [1.807, 2.05) is 0 Å². The summed E-state index contributed by atoms with van der Waals surface area (Å²) in [4.78, 5) is 10.6. The summed E-state index contributed by atoms with van der Waals surface area (Å²) in [6.45, 7) is 0. The minimum atomic E-state index is -1.08. The van der Waals surface area contributed by atoms with Crippen LogP contribution in [0.25, 0.3) is 11.1 Å². The maximum atomic E-state index is 13.8. The third-order valence-electron chi connectivity index (χ3n) is 2.66. The van der Waals surface area contributed by atoms with Crippen LogP contribution in [0.3, 0.4) is 0 Å². The highest BCUT2D eigenvalue weighted by Crippen LogP contribution is 2.34. The molecule has 2 nitrogen and oxygen atoms in total. The van der Waals surface area contributed by atoms with Gasteiger partial charge in [0.15, 0.2) is 0 Å². The molecule has 0 saturated heterocycles. The topological polar surface area (TPSA) is 37.3 Å². The Morgan fingerprint density at radius 1 is 1.21 bits per heavy atom. The molecule has 0 amide bonds. The van der Waals surface area contributed by atoms with Gasteiger partial charge in [-0.1, -0.05) is 47.5 Å². The molecular formula is C14H9Cl2FO2. The van der Waals surface area contributed by atoms with Gasteiger partial charge in [-0.25, -0.2) is 4.39 Å². The lowest BCUT2D eigenvalue weighted by Crippen LogP contribution is -2.02. The van der Waals surface area contributed by atoms with Gasteiger partial charge in [0, 0.05) is 5.56 Å². The first-order chi connectivity index (χ1) is 8.99. The van der Waals surface area contributed by atoms with Gasteiger partial charge in [-0.2, -0.15) is 0 Å². The van der Waals surface area contributed by atoms with Crippen molar-refractivity contribution in [2.24, 2.45) is 0 Å². The Kier molecular flexibility index (Phi) is 4.08. The molecule has 5 heteroatoms. The van der Waals surface area contributed by atoms with Crippen LogP contribution in [0.5, 0.6) is 0 Å². The van der Waals surface area contributed by atoms with Crippen LogP contribution >= 0.6 is 23.2 Å². The van der Waals surface area contributed by atoms with Crippen LogP contribution in [0.15, 0.2) is 36.4 Å². The van der Waals surface area contributed by atoms with Gasteiger partial charge in [-0.3, -0.25) is 4.79 Å². The molecule has 2 aromatic carbocycles. The van der Waals surface area contributed by atoms with Gasteiger partial charge in [0.2, 0.25) is 0 Å². The smallest absolute Gasteiger partial charge is 0.307 e. The van der Waals surface area contributed by atoms with E-state index in [0.717, 1.165) is 0 Å². The molecular weight excluding hydrogens is 290 g/mol. The number of hydrogen-bond acceptors (Lipinski definition) is 1. The molecule has 2 rings (SSSR count). The third-order valence-corrected chi connectivity index (χ3v) is 3.48. The Morgan fingerprint density at radius 2 is 1.95 bits per heavy atom.